The molecule has 36 heavy (non-hydrogen) atoms. The lowest BCUT2D eigenvalue weighted by atomic mass is 9.76. The van der Waals surface area contributed by atoms with Gasteiger partial charge in [-0.3, -0.25) is 0 Å². The number of aliphatic carboxylic acids is 1. The van der Waals surface area contributed by atoms with Crippen molar-refractivity contribution in [2.24, 2.45) is 0 Å². The fourth-order valence-electron chi connectivity index (χ4n) is 4.77. The third kappa shape index (κ3) is 6.22. The van der Waals surface area contributed by atoms with Crippen LogP contribution in [0.25, 0.3) is 0 Å². The van der Waals surface area contributed by atoms with E-state index in [1.54, 1.807) is 31.2 Å². The van der Waals surface area contributed by atoms with Gasteiger partial charge in [-0.2, -0.15) is 0 Å². The van der Waals surface area contributed by atoms with Gasteiger partial charge in [-0.1, -0.05) is 56.0 Å². The van der Waals surface area contributed by atoms with Crippen LogP contribution in [0.4, 0.5) is 0 Å². The van der Waals surface area contributed by atoms with E-state index in [1.807, 2.05) is 31.2 Å². The number of hydrogen-bond donors (Lipinski definition) is 1. The van der Waals surface area contributed by atoms with E-state index in [0.29, 0.717) is 29.5 Å². The number of rotatable bonds is 10. The summed E-state index contributed by atoms with van der Waals surface area (Å²) in [5, 5.41) is 10.3. The maximum absolute atomic E-state index is 12.0. The molecule has 1 fully saturated rings. The summed E-state index contributed by atoms with van der Waals surface area (Å²) in [5.41, 5.74) is 0.374. The molecule has 0 saturated heterocycles. The summed E-state index contributed by atoms with van der Waals surface area (Å²) in [6.07, 6.45) is 6.85. The van der Waals surface area contributed by atoms with Crippen molar-refractivity contribution in [3.8, 4) is 11.5 Å². The second-order valence-corrected chi connectivity index (χ2v) is 10.6. The molecule has 1 aliphatic carbocycles. The Labute approximate surface area is 217 Å². The van der Waals surface area contributed by atoms with Crippen LogP contribution >= 0.6 is 11.6 Å². The second-order valence-electron chi connectivity index (χ2n) is 10.2. The molecule has 1 heterocycles. The molecule has 1 unspecified atom stereocenters. The first kappa shape index (κ1) is 26.1. The Morgan fingerprint density at radius 1 is 1.14 bits per heavy atom. The van der Waals surface area contributed by atoms with Gasteiger partial charge in [0.1, 0.15) is 17.3 Å². The third-order valence-corrected chi connectivity index (χ3v) is 7.27. The van der Waals surface area contributed by atoms with Gasteiger partial charge in [0.15, 0.2) is 0 Å². The molecule has 2 aromatic carbocycles. The van der Waals surface area contributed by atoms with Crippen LogP contribution in [0.3, 0.4) is 0 Å². The van der Waals surface area contributed by atoms with E-state index in [1.165, 1.54) is 19.3 Å². The summed E-state index contributed by atoms with van der Waals surface area (Å²) in [7, 11) is 0. The highest BCUT2D eigenvalue weighted by molar-refractivity contribution is 6.30. The number of oxazole rings is 1. The maximum Gasteiger partial charge on any atom is 0.348 e. The molecule has 4 rings (SSSR count). The molecule has 192 valence electrons. The van der Waals surface area contributed by atoms with Crippen LogP contribution in [0, 0.1) is 6.92 Å². The summed E-state index contributed by atoms with van der Waals surface area (Å²) >= 11 is 6.01. The van der Waals surface area contributed by atoms with Crippen molar-refractivity contribution in [1.29, 1.82) is 0 Å². The molecule has 0 bridgehead atoms. The van der Waals surface area contributed by atoms with E-state index in [0.717, 1.165) is 35.7 Å². The van der Waals surface area contributed by atoms with Crippen molar-refractivity contribution in [2.75, 3.05) is 6.61 Å². The molecule has 0 radical (unpaired) electrons. The van der Waals surface area contributed by atoms with Gasteiger partial charge in [-0.05, 0) is 62.6 Å². The number of carbonyl (C=O) groups is 1. The zero-order chi connectivity index (χ0) is 25.8. The van der Waals surface area contributed by atoms with Crippen molar-refractivity contribution < 1.29 is 23.8 Å². The predicted octanol–water partition coefficient (Wildman–Crippen LogP) is 6.94. The van der Waals surface area contributed by atoms with Crippen LogP contribution in [0.5, 0.6) is 11.5 Å². The number of carboxylic acids is 1. The zero-order valence-corrected chi connectivity index (χ0v) is 21.9. The summed E-state index contributed by atoms with van der Waals surface area (Å²) < 4.78 is 17.8. The number of hydrogen-bond acceptors (Lipinski definition) is 5. The lowest BCUT2D eigenvalue weighted by Gasteiger charge is -2.30. The van der Waals surface area contributed by atoms with E-state index < -0.39 is 11.6 Å². The van der Waals surface area contributed by atoms with E-state index in [-0.39, 0.29) is 11.8 Å². The average molecular weight is 512 g/mol. The number of ether oxygens (including phenoxy) is 2. The number of aryl methyl sites for hydroxylation is 1. The van der Waals surface area contributed by atoms with Crippen LogP contribution in [0.2, 0.25) is 5.02 Å². The average Bonchev–Trinajstić information content (AvgIpc) is 3.22. The van der Waals surface area contributed by atoms with Crippen molar-refractivity contribution in [2.45, 2.75) is 76.7 Å². The quantitative estimate of drug-likeness (QED) is 0.317. The monoisotopic (exact) mass is 511 g/mol. The summed E-state index contributed by atoms with van der Waals surface area (Å²) in [5.74, 6) is 1.81. The Kier molecular flexibility index (Phi) is 7.94. The Morgan fingerprint density at radius 3 is 2.53 bits per heavy atom. The first-order chi connectivity index (χ1) is 17.2. The molecular formula is C29H34ClNO5. The summed E-state index contributed by atoms with van der Waals surface area (Å²) in [4.78, 5) is 16.8. The Bertz CT molecular complexity index is 1180. The highest BCUT2D eigenvalue weighted by Gasteiger charge is 2.36. The van der Waals surface area contributed by atoms with Gasteiger partial charge < -0.3 is 19.0 Å². The molecule has 6 nitrogen and oxygen atoms in total. The molecule has 1 saturated carbocycles. The van der Waals surface area contributed by atoms with Crippen molar-refractivity contribution in [3.63, 3.8) is 0 Å². The molecular weight excluding hydrogens is 478 g/mol. The van der Waals surface area contributed by atoms with Gasteiger partial charge in [0.05, 0.1) is 12.3 Å². The van der Waals surface area contributed by atoms with Gasteiger partial charge in [-0.25, -0.2) is 9.78 Å². The Hall–Kier alpha value is -2.99. The number of benzene rings is 2. The number of carboxylic acid groups (broad SMARTS) is 1. The van der Waals surface area contributed by atoms with Crippen LogP contribution in [0.1, 0.15) is 68.9 Å². The predicted molar refractivity (Wildman–Crippen MR) is 139 cm³/mol. The fourth-order valence-corrected chi connectivity index (χ4v) is 4.95. The van der Waals surface area contributed by atoms with E-state index in [4.69, 9.17) is 30.5 Å². The molecule has 0 amide bonds. The Morgan fingerprint density at radius 2 is 1.86 bits per heavy atom. The van der Waals surface area contributed by atoms with Gasteiger partial charge in [-0.15, -0.1) is 0 Å². The van der Waals surface area contributed by atoms with E-state index in [2.05, 4.69) is 6.92 Å². The highest BCUT2D eigenvalue weighted by atomic mass is 35.5. The highest BCUT2D eigenvalue weighted by Crippen LogP contribution is 2.39. The summed E-state index contributed by atoms with van der Waals surface area (Å²) in [6.45, 7) is 6.27. The molecule has 7 heteroatoms. The second kappa shape index (κ2) is 11.0. The third-order valence-electron chi connectivity index (χ3n) is 7.03. The molecule has 1 atom stereocenters. The van der Waals surface area contributed by atoms with Crippen LogP contribution in [0.15, 0.2) is 52.9 Å². The standard InChI is InChI=1S/C29H34ClNO5/c1-20-25(31-26(35-20)28(2)15-5-4-6-16-28)14-17-34-23-12-10-21(11-13-23)19-29(3,27(32)33)36-24-9-7-8-22(30)18-24/h7-13,18H,4-6,14-17,19H2,1-3H3,(H,32,33). The minimum Gasteiger partial charge on any atom is -0.493 e. The van der Waals surface area contributed by atoms with Crippen molar-refractivity contribution in [3.05, 3.63) is 76.5 Å². The number of aromatic nitrogens is 1. The smallest absolute Gasteiger partial charge is 0.348 e. The molecule has 0 aliphatic heterocycles. The van der Waals surface area contributed by atoms with Crippen LogP contribution in [-0.4, -0.2) is 28.3 Å². The number of nitrogens with zero attached hydrogens (tertiary/aromatic N) is 1. The van der Waals surface area contributed by atoms with Crippen LogP contribution < -0.4 is 9.47 Å². The number of halogens is 1. The molecule has 3 aromatic rings. The van der Waals surface area contributed by atoms with Crippen molar-refractivity contribution in [1.82, 2.24) is 4.98 Å². The normalized spacial score (nSPS) is 16.8. The molecule has 1 N–H and O–H groups in total. The van der Waals surface area contributed by atoms with E-state index >= 15 is 0 Å². The van der Waals surface area contributed by atoms with Gasteiger partial charge >= 0.3 is 5.97 Å². The van der Waals surface area contributed by atoms with Crippen LogP contribution in [-0.2, 0) is 23.1 Å². The molecule has 1 aromatic heterocycles. The lowest BCUT2D eigenvalue weighted by Crippen LogP contribution is -2.43. The first-order valence-electron chi connectivity index (χ1n) is 12.5. The van der Waals surface area contributed by atoms with E-state index in [9.17, 15) is 9.90 Å². The largest absolute Gasteiger partial charge is 0.493 e. The summed E-state index contributed by atoms with van der Waals surface area (Å²) in [6, 6.07) is 14.2. The SMILES string of the molecule is Cc1oc(C2(C)CCCCC2)nc1CCOc1ccc(CC(C)(Oc2cccc(Cl)c2)C(=O)O)cc1. The van der Waals surface area contributed by atoms with Gasteiger partial charge in [0, 0.05) is 23.3 Å². The Balaban J connectivity index is 1.34. The fraction of sp³-hybridized carbons (Fsp3) is 0.448. The first-order valence-corrected chi connectivity index (χ1v) is 12.9. The van der Waals surface area contributed by atoms with Gasteiger partial charge in [0.2, 0.25) is 11.5 Å². The topological polar surface area (TPSA) is 81.8 Å². The minimum atomic E-state index is -1.44. The molecule has 0 spiro atoms. The van der Waals surface area contributed by atoms with Gasteiger partial charge in [0.25, 0.3) is 0 Å². The maximum atomic E-state index is 12.0. The zero-order valence-electron chi connectivity index (χ0n) is 21.2. The lowest BCUT2D eigenvalue weighted by molar-refractivity contribution is -0.153. The van der Waals surface area contributed by atoms with Crippen molar-refractivity contribution >= 4 is 17.6 Å². The minimum absolute atomic E-state index is 0.0406. The molecule has 1 aliphatic rings.